The molecule has 4 rings (SSSR count). The van der Waals surface area contributed by atoms with Gasteiger partial charge in [-0.1, -0.05) is 42.5 Å². The van der Waals surface area contributed by atoms with Gasteiger partial charge in [-0.25, -0.2) is 4.79 Å². The highest BCUT2D eigenvalue weighted by Crippen LogP contribution is 2.28. The number of carbonyl (C=O) groups excluding carboxylic acids is 1. The summed E-state index contributed by atoms with van der Waals surface area (Å²) in [6.45, 7) is 4.86. The van der Waals surface area contributed by atoms with Gasteiger partial charge in [-0.2, -0.15) is 0 Å². The summed E-state index contributed by atoms with van der Waals surface area (Å²) < 4.78 is 11.0. The predicted octanol–water partition coefficient (Wildman–Crippen LogP) is 2.97. The average Bonchev–Trinajstić information content (AvgIpc) is 3.04. The normalized spacial score (nSPS) is 26.6. The number of amides is 1. The molecule has 25 heavy (non-hydrogen) atoms. The van der Waals surface area contributed by atoms with Crippen LogP contribution in [0.15, 0.2) is 54.3 Å². The quantitative estimate of drug-likeness (QED) is 0.845. The van der Waals surface area contributed by atoms with Crippen LogP contribution in [0.3, 0.4) is 0 Å². The Balaban J connectivity index is 1.32. The van der Waals surface area contributed by atoms with Crippen LogP contribution in [0.1, 0.15) is 18.1 Å². The number of ether oxygens (including phenoxy) is 2. The van der Waals surface area contributed by atoms with Crippen LogP contribution in [0.25, 0.3) is 0 Å². The molecular formula is C20H24N2O3. The van der Waals surface area contributed by atoms with Crippen LogP contribution >= 0.6 is 0 Å². The molecule has 0 saturated carbocycles. The zero-order chi connectivity index (χ0) is 17.1. The molecule has 0 N–H and O–H groups in total. The van der Waals surface area contributed by atoms with Gasteiger partial charge in [0.05, 0.1) is 19.8 Å². The molecule has 0 radical (unpaired) electrons. The fraction of sp³-hybridized carbons (Fsp3) is 0.450. The number of nitrogens with zero attached hydrogens (tertiary/aromatic N) is 2. The Morgan fingerprint density at radius 1 is 1.12 bits per heavy atom. The minimum atomic E-state index is -0.204. The molecule has 2 unspecified atom stereocenters. The van der Waals surface area contributed by atoms with Gasteiger partial charge in [0.2, 0.25) is 0 Å². The summed E-state index contributed by atoms with van der Waals surface area (Å²) in [5, 5.41) is 0. The Hall–Kier alpha value is -2.27. The second-order valence-corrected chi connectivity index (χ2v) is 6.77. The summed E-state index contributed by atoms with van der Waals surface area (Å²) in [4.78, 5) is 16.4. The summed E-state index contributed by atoms with van der Waals surface area (Å²) in [6, 6.07) is 9.96. The second kappa shape index (κ2) is 7.31. The number of carbonyl (C=O) groups is 1. The smallest absolute Gasteiger partial charge is 0.410 e. The van der Waals surface area contributed by atoms with E-state index in [1.807, 2.05) is 35.2 Å². The van der Waals surface area contributed by atoms with E-state index < -0.39 is 0 Å². The zero-order valence-electron chi connectivity index (χ0n) is 14.3. The number of allylic oxidation sites excluding steroid dienone is 2. The molecule has 0 aromatic heterocycles. The van der Waals surface area contributed by atoms with E-state index in [1.165, 1.54) is 5.70 Å². The molecule has 1 aromatic carbocycles. The van der Waals surface area contributed by atoms with Gasteiger partial charge in [-0.15, -0.1) is 0 Å². The molecule has 1 aromatic rings. The maximum atomic E-state index is 12.2. The van der Waals surface area contributed by atoms with Crippen molar-refractivity contribution in [3.05, 3.63) is 59.8 Å². The van der Waals surface area contributed by atoms with Crippen molar-refractivity contribution in [3.8, 4) is 0 Å². The number of rotatable bonds is 4. The van der Waals surface area contributed by atoms with Crippen LogP contribution in [0.5, 0.6) is 0 Å². The molecule has 2 atom stereocenters. The molecule has 1 aliphatic carbocycles. The second-order valence-electron chi connectivity index (χ2n) is 6.77. The average molecular weight is 340 g/mol. The first-order valence-corrected chi connectivity index (χ1v) is 9.01. The van der Waals surface area contributed by atoms with Gasteiger partial charge in [-0.05, 0) is 24.0 Å². The van der Waals surface area contributed by atoms with Gasteiger partial charge in [0, 0.05) is 25.3 Å². The largest absolute Gasteiger partial charge is 0.439 e. The first-order chi connectivity index (χ1) is 12.3. The third kappa shape index (κ3) is 3.71. The van der Waals surface area contributed by atoms with Crippen molar-refractivity contribution >= 4 is 6.09 Å². The SMILES string of the molecule is O=C1OC(c2ccccc2)CN1CC1C=CC(N2CCOCC2)=CC1. The Morgan fingerprint density at radius 2 is 1.92 bits per heavy atom. The maximum Gasteiger partial charge on any atom is 0.410 e. The third-order valence-corrected chi connectivity index (χ3v) is 5.06. The number of benzene rings is 1. The monoisotopic (exact) mass is 340 g/mol. The van der Waals surface area contributed by atoms with Crippen molar-refractivity contribution in [2.45, 2.75) is 12.5 Å². The Morgan fingerprint density at radius 3 is 2.64 bits per heavy atom. The lowest BCUT2D eigenvalue weighted by Gasteiger charge is -2.32. The van der Waals surface area contributed by atoms with E-state index in [2.05, 4.69) is 23.1 Å². The molecule has 2 heterocycles. The van der Waals surface area contributed by atoms with Crippen molar-refractivity contribution in [1.82, 2.24) is 9.80 Å². The minimum absolute atomic E-state index is 0.152. The van der Waals surface area contributed by atoms with Crippen LogP contribution < -0.4 is 0 Å². The molecule has 3 aliphatic rings. The Kier molecular flexibility index (Phi) is 4.74. The van der Waals surface area contributed by atoms with Crippen LogP contribution in [0.2, 0.25) is 0 Å². The summed E-state index contributed by atoms with van der Waals surface area (Å²) in [6.07, 6.45) is 7.31. The number of cyclic esters (lactones) is 1. The zero-order valence-corrected chi connectivity index (χ0v) is 14.3. The van der Waals surface area contributed by atoms with E-state index in [1.54, 1.807) is 0 Å². The lowest BCUT2D eigenvalue weighted by Crippen LogP contribution is -2.36. The van der Waals surface area contributed by atoms with E-state index in [0.29, 0.717) is 19.0 Å². The van der Waals surface area contributed by atoms with Crippen molar-refractivity contribution in [2.24, 2.45) is 5.92 Å². The Bertz CT molecular complexity index is 665. The van der Waals surface area contributed by atoms with E-state index >= 15 is 0 Å². The molecule has 2 saturated heterocycles. The van der Waals surface area contributed by atoms with E-state index in [4.69, 9.17) is 9.47 Å². The van der Waals surface area contributed by atoms with Gasteiger partial charge in [0.15, 0.2) is 0 Å². The van der Waals surface area contributed by atoms with Crippen molar-refractivity contribution < 1.29 is 14.3 Å². The van der Waals surface area contributed by atoms with Gasteiger partial charge in [0.1, 0.15) is 6.10 Å². The van der Waals surface area contributed by atoms with Crippen LogP contribution in [-0.2, 0) is 9.47 Å². The molecule has 132 valence electrons. The lowest BCUT2D eigenvalue weighted by atomic mass is 9.98. The highest BCUT2D eigenvalue weighted by molar-refractivity contribution is 5.70. The highest BCUT2D eigenvalue weighted by atomic mass is 16.6. The minimum Gasteiger partial charge on any atom is -0.439 e. The van der Waals surface area contributed by atoms with Crippen LogP contribution in [-0.4, -0.2) is 55.3 Å². The first-order valence-electron chi connectivity index (χ1n) is 9.01. The van der Waals surface area contributed by atoms with Gasteiger partial charge >= 0.3 is 6.09 Å². The fourth-order valence-electron chi connectivity index (χ4n) is 3.63. The maximum absolute atomic E-state index is 12.2. The van der Waals surface area contributed by atoms with Gasteiger partial charge in [0.25, 0.3) is 0 Å². The van der Waals surface area contributed by atoms with Crippen LogP contribution in [0, 0.1) is 5.92 Å². The van der Waals surface area contributed by atoms with E-state index in [-0.39, 0.29) is 12.2 Å². The lowest BCUT2D eigenvalue weighted by molar-refractivity contribution is 0.0550. The molecule has 0 bridgehead atoms. The van der Waals surface area contributed by atoms with Gasteiger partial charge < -0.3 is 19.3 Å². The highest BCUT2D eigenvalue weighted by Gasteiger charge is 2.33. The number of morpholine rings is 1. The Labute approximate surface area is 148 Å². The first kappa shape index (κ1) is 16.2. The summed E-state index contributed by atoms with van der Waals surface area (Å²) in [5.74, 6) is 0.354. The van der Waals surface area contributed by atoms with Crippen molar-refractivity contribution in [2.75, 3.05) is 39.4 Å². The van der Waals surface area contributed by atoms with E-state index in [9.17, 15) is 4.79 Å². The summed E-state index contributed by atoms with van der Waals surface area (Å²) >= 11 is 0. The third-order valence-electron chi connectivity index (χ3n) is 5.06. The van der Waals surface area contributed by atoms with Crippen LogP contribution in [0.4, 0.5) is 4.79 Å². The molecular weight excluding hydrogens is 316 g/mol. The molecule has 5 heteroatoms. The van der Waals surface area contributed by atoms with Gasteiger partial charge in [-0.3, -0.25) is 0 Å². The molecule has 5 nitrogen and oxygen atoms in total. The molecule has 2 aliphatic heterocycles. The summed E-state index contributed by atoms with van der Waals surface area (Å²) in [5.41, 5.74) is 2.35. The predicted molar refractivity (Wildman–Crippen MR) is 95.0 cm³/mol. The fourth-order valence-corrected chi connectivity index (χ4v) is 3.63. The standard InChI is InChI=1S/C20H24N2O3/c23-20-22(15-19(25-20)17-4-2-1-3-5-17)14-16-6-8-18(9-7-16)21-10-12-24-13-11-21/h1-6,8-9,16,19H,7,10-15H2. The molecule has 2 fully saturated rings. The molecule has 0 spiro atoms. The summed E-state index contributed by atoms with van der Waals surface area (Å²) in [7, 11) is 0. The number of hydrogen-bond acceptors (Lipinski definition) is 4. The molecule has 1 amide bonds. The van der Waals surface area contributed by atoms with E-state index in [0.717, 1.165) is 38.3 Å². The van der Waals surface area contributed by atoms with Crippen molar-refractivity contribution in [1.29, 1.82) is 0 Å². The number of hydrogen-bond donors (Lipinski definition) is 0. The van der Waals surface area contributed by atoms with Crippen molar-refractivity contribution in [3.63, 3.8) is 0 Å². The topological polar surface area (TPSA) is 42.0 Å².